The molecular weight excluding hydrogens is 656 g/mol. The maximum absolute atomic E-state index is 13.1. The molecule has 52 heavy (non-hydrogen) atoms. The lowest BCUT2D eigenvalue weighted by Crippen LogP contribution is -2.52. The predicted octanol–water partition coefficient (Wildman–Crippen LogP) is 5.45. The van der Waals surface area contributed by atoms with Crippen LogP contribution >= 0.6 is 0 Å². The van der Waals surface area contributed by atoms with Gasteiger partial charge < -0.3 is 15.0 Å². The van der Waals surface area contributed by atoms with E-state index in [4.69, 9.17) is 4.74 Å². The number of nitrogens with zero attached hydrogens (tertiary/aromatic N) is 3. The standard InChI is InChI=1S/C41H44N6O5/c48-38-15-14-36(40(50)43-38)47-25-31-21-29(11-13-34(31)41(47)51)28-16-18-46(19-17-28)24-27-8-6-26(7-9-27)20-39(49)42-37-23-35(44-45-37)30-10-12-33(22-30)52-32-4-2-1-3-5-32/h1-9,11,13,21,23,28,30,33,36H,10,12,14-20,22,24-25H2,(H,43,48,50)(H2,42,44,45,49)/t30-,33+,36?/m0/s1. The third kappa shape index (κ3) is 7.50. The Morgan fingerprint density at radius 1 is 0.865 bits per heavy atom. The van der Waals surface area contributed by atoms with Crippen LogP contribution in [-0.2, 0) is 33.9 Å². The number of nitrogens with one attached hydrogen (secondary N) is 3. The second-order valence-electron chi connectivity index (χ2n) is 14.7. The fourth-order valence-electron chi connectivity index (χ4n) is 8.30. The molecule has 1 saturated carbocycles. The summed E-state index contributed by atoms with van der Waals surface area (Å²) in [4.78, 5) is 54.0. The van der Waals surface area contributed by atoms with Gasteiger partial charge in [-0.15, -0.1) is 0 Å². The van der Waals surface area contributed by atoms with Gasteiger partial charge in [-0.05, 0) is 98.0 Å². The first-order valence-corrected chi connectivity index (χ1v) is 18.5. The minimum atomic E-state index is -0.594. The molecule has 11 nitrogen and oxygen atoms in total. The first-order chi connectivity index (χ1) is 25.3. The molecule has 4 heterocycles. The monoisotopic (exact) mass is 700 g/mol. The molecule has 3 aliphatic heterocycles. The highest BCUT2D eigenvalue weighted by molar-refractivity contribution is 6.05. The van der Waals surface area contributed by atoms with E-state index < -0.39 is 6.04 Å². The number of hydrogen-bond donors (Lipinski definition) is 3. The van der Waals surface area contributed by atoms with Crippen molar-refractivity contribution >= 4 is 29.4 Å². The van der Waals surface area contributed by atoms with Crippen molar-refractivity contribution in [3.8, 4) is 5.75 Å². The maximum Gasteiger partial charge on any atom is 0.255 e. The molecule has 3 N–H and O–H groups in total. The zero-order chi connectivity index (χ0) is 35.6. The Morgan fingerprint density at radius 2 is 1.65 bits per heavy atom. The van der Waals surface area contributed by atoms with E-state index in [2.05, 4.69) is 50.0 Å². The van der Waals surface area contributed by atoms with Crippen LogP contribution in [0.25, 0.3) is 0 Å². The summed E-state index contributed by atoms with van der Waals surface area (Å²) < 4.78 is 6.14. The van der Waals surface area contributed by atoms with Crippen molar-refractivity contribution in [1.82, 2.24) is 25.3 Å². The molecule has 8 rings (SSSR count). The summed E-state index contributed by atoms with van der Waals surface area (Å²) in [5.41, 5.74) is 6.07. The van der Waals surface area contributed by atoms with Crippen molar-refractivity contribution in [2.24, 2.45) is 0 Å². The van der Waals surface area contributed by atoms with E-state index in [1.54, 1.807) is 4.90 Å². The number of imide groups is 1. The third-order valence-corrected chi connectivity index (χ3v) is 11.1. The first kappa shape index (κ1) is 33.8. The molecule has 11 heteroatoms. The molecule has 4 amide bonds. The number of carbonyl (C=O) groups excluding carboxylic acids is 4. The summed E-state index contributed by atoms with van der Waals surface area (Å²) in [5.74, 6) is 1.31. The summed E-state index contributed by atoms with van der Waals surface area (Å²) in [7, 11) is 0. The van der Waals surface area contributed by atoms with Gasteiger partial charge in [0.05, 0.1) is 12.5 Å². The number of rotatable bonds is 10. The minimum Gasteiger partial charge on any atom is -0.490 e. The van der Waals surface area contributed by atoms with Crippen molar-refractivity contribution in [1.29, 1.82) is 0 Å². The molecule has 1 unspecified atom stereocenters. The molecule has 0 spiro atoms. The summed E-state index contributed by atoms with van der Waals surface area (Å²) in [6.07, 6.45) is 6.06. The number of piperidine rings is 2. The number of anilines is 1. The topological polar surface area (TPSA) is 137 Å². The lowest BCUT2D eigenvalue weighted by Gasteiger charge is -2.32. The number of fused-ring (bicyclic) bond motifs is 1. The fourth-order valence-corrected chi connectivity index (χ4v) is 8.30. The number of H-pyrrole nitrogens is 1. The highest BCUT2D eigenvalue weighted by atomic mass is 16.5. The van der Waals surface area contributed by atoms with E-state index in [-0.39, 0.29) is 42.6 Å². The fraction of sp³-hybridized carbons (Fsp3) is 0.390. The second-order valence-corrected chi connectivity index (χ2v) is 14.7. The largest absolute Gasteiger partial charge is 0.490 e. The van der Waals surface area contributed by atoms with Crippen LogP contribution in [0.5, 0.6) is 5.75 Å². The SMILES string of the molecule is O=C1CCC(N2Cc3cc(C4CCN(Cc5ccc(CC(=O)Nc6cc([C@H]7CC[C@@H](Oc8ccccc8)C7)[nH]n6)cc5)CC4)ccc3C2=O)C(=O)N1. The van der Waals surface area contributed by atoms with Crippen molar-refractivity contribution in [2.45, 2.75) is 88.4 Å². The Balaban J connectivity index is 0.779. The Morgan fingerprint density at radius 3 is 2.44 bits per heavy atom. The number of ether oxygens (including phenoxy) is 1. The van der Waals surface area contributed by atoms with Crippen LogP contribution in [0.4, 0.5) is 5.82 Å². The number of aromatic nitrogens is 2. The van der Waals surface area contributed by atoms with E-state index in [1.165, 1.54) is 11.1 Å². The van der Waals surface area contributed by atoms with Gasteiger partial charge in [-0.25, -0.2) is 0 Å². The molecule has 0 radical (unpaired) electrons. The summed E-state index contributed by atoms with van der Waals surface area (Å²) in [6, 6.07) is 25.7. The lowest BCUT2D eigenvalue weighted by molar-refractivity contribution is -0.137. The van der Waals surface area contributed by atoms with Crippen LogP contribution in [0.2, 0.25) is 0 Å². The normalized spacial score (nSPS) is 22.3. The van der Waals surface area contributed by atoms with Crippen molar-refractivity contribution in [3.63, 3.8) is 0 Å². The van der Waals surface area contributed by atoms with Crippen LogP contribution in [-0.4, -0.2) is 68.9 Å². The number of aromatic amines is 1. The average Bonchev–Trinajstić information content (AvgIpc) is 3.89. The van der Waals surface area contributed by atoms with Gasteiger partial charge in [-0.2, -0.15) is 5.10 Å². The van der Waals surface area contributed by atoms with Gasteiger partial charge in [-0.3, -0.25) is 34.5 Å². The molecular formula is C41H44N6O5. The highest BCUT2D eigenvalue weighted by Crippen LogP contribution is 2.37. The van der Waals surface area contributed by atoms with E-state index in [0.717, 1.165) is 74.3 Å². The Hall–Kier alpha value is -5.29. The predicted molar refractivity (Wildman–Crippen MR) is 195 cm³/mol. The van der Waals surface area contributed by atoms with Gasteiger partial charge in [0.15, 0.2) is 5.82 Å². The number of amides is 4. The zero-order valence-corrected chi connectivity index (χ0v) is 29.2. The van der Waals surface area contributed by atoms with Crippen molar-refractivity contribution in [3.05, 3.63) is 112 Å². The third-order valence-electron chi connectivity index (χ3n) is 11.1. The number of likely N-dealkylation sites (tertiary alicyclic amines) is 1. The molecule has 0 bridgehead atoms. The number of benzene rings is 3. The van der Waals surface area contributed by atoms with Crippen LogP contribution in [0, 0.1) is 0 Å². The molecule has 3 atom stereocenters. The van der Waals surface area contributed by atoms with Crippen LogP contribution in [0.1, 0.15) is 95.1 Å². The zero-order valence-electron chi connectivity index (χ0n) is 29.2. The summed E-state index contributed by atoms with van der Waals surface area (Å²) >= 11 is 0. The van der Waals surface area contributed by atoms with Gasteiger partial charge >= 0.3 is 0 Å². The van der Waals surface area contributed by atoms with E-state index >= 15 is 0 Å². The second kappa shape index (κ2) is 14.7. The summed E-state index contributed by atoms with van der Waals surface area (Å²) in [6.45, 7) is 3.20. The average molecular weight is 701 g/mol. The van der Waals surface area contributed by atoms with Crippen molar-refractivity contribution in [2.75, 3.05) is 18.4 Å². The quantitative estimate of drug-likeness (QED) is 0.187. The lowest BCUT2D eigenvalue weighted by atomic mass is 9.87. The van der Waals surface area contributed by atoms with E-state index in [1.807, 2.05) is 54.6 Å². The van der Waals surface area contributed by atoms with Crippen LogP contribution in [0.15, 0.2) is 78.9 Å². The molecule has 268 valence electrons. The molecule has 3 fully saturated rings. The molecule has 1 aromatic heterocycles. The highest BCUT2D eigenvalue weighted by Gasteiger charge is 2.39. The van der Waals surface area contributed by atoms with Gasteiger partial charge in [0, 0.05) is 42.8 Å². The maximum atomic E-state index is 13.1. The van der Waals surface area contributed by atoms with Gasteiger partial charge in [-0.1, -0.05) is 54.6 Å². The van der Waals surface area contributed by atoms with Gasteiger partial charge in [0.25, 0.3) is 5.91 Å². The Bertz CT molecular complexity index is 1950. The van der Waals surface area contributed by atoms with E-state index in [0.29, 0.717) is 36.2 Å². The number of para-hydroxylation sites is 1. The van der Waals surface area contributed by atoms with Crippen LogP contribution < -0.4 is 15.4 Å². The molecule has 1 aliphatic carbocycles. The van der Waals surface area contributed by atoms with Crippen LogP contribution in [0.3, 0.4) is 0 Å². The smallest absolute Gasteiger partial charge is 0.255 e. The molecule has 2 saturated heterocycles. The van der Waals surface area contributed by atoms with E-state index in [9.17, 15) is 19.2 Å². The minimum absolute atomic E-state index is 0.0933. The first-order valence-electron chi connectivity index (χ1n) is 18.5. The number of carbonyl (C=O) groups is 4. The van der Waals surface area contributed by atoms with Gasteiger partial charge in [0.2, 0.25) is 17.7 Å². The Labute approximate surface area is 303 Å². The molecule has 3 aromatic carbocycles. The number of hydrogen-bond acceptors (Lipinski definition) is 7. The Kier molecular flexibility index (Phi) is 9.60. The molecule has 4 aromatic rings. The van der Waals surface area contributed by atoms with Gasteiger partial charge in [0.1, 0.15) is 11.8 Å². The van der Waals surface area contributed by atoms with Crippen molar-refractivity contribution < 1.29 is 23.9 Å². The molecule has 4 aliphatic rings. The summed E-state index contributed by atoms with van der Waals surface area (Å²) in [5, 5.41) is 12.8.